The van der Waals surface area contributed by atoms with Gasteiger partial charge in [-0.1, -0.05) is 25.7 Å². The zero-order valence-electron chi connectivity index (χ0n) is 11.3. The van der Waals surface area contributed by atoms with E-state index in [2.05, 4.69) is 0 Å². The molecule has 2 fully saturated rings. The Bertz CT molecular complexity index is 499. The smallest absolute Gasteiger partial charge is 0.146 e. The van der Waals surface area contributed by atoms with Crippen LogP contribution < -0.4 is 4.74 Å². The van der Waals surface area contributed by atoms with Crippen molar-refractivity contribution in [2.75, 3.05) is 0 Å². The Kier molecular flexibility index (Phi) is 3.48. The third kappa shape index (κ3) is 2.32. The summed E-state index contributed by atoms with van der Waals surface area (Å²) in [7, 11) is 0. The van der Waals surface area contributed by atoms with Gasteiger partial charge in [-0.25, -0.2) is 8.78 Å². The van der Waals surface area contributed by atoms with Crippen LogP contribution in [0.4, 0.5) is 8.78 Å². The molecule has 0 aromatic heterocycles. The topological polar surface area (TPSA) is 26.3 Å². The van der Waals surface area contributed by atoms with Gasteiger partial charge in [0.2, 0.25) is 0 Å². The van der Waals surface area contributed by atoms with Crippen LogP contribution in [0.1, 0.15) is 44.9 Å². The first-order chi connectivity index (χ1) is 9.60. The summed E-state index contributed by atoms with van der Waals surface area (Å²) < 4.78 is 32.1. The van der Waals surface area contributed by atoms with Crippen molar-refractivity contribution < 1.29 is 18.3 Å². The fraction of sp³-hybridized carbons (Fsp3) is 0.562. The number of ether oxygens (including phenoxy) is 1. The van der Waals surface area contributed by atoms with Gasteiger partial charge in [0.15, 0.2) is 0 Å². The molecule has 20 heavy (non-hydrogen) atoms. The molecular weight excluding hydrogens is 262 g/mol. The number of hydrogen-bond donors (Lipinski definition) is 0. The lowest BCUT2D eigenvalue weighted by atomic mass is 9.60. The van der Waals surface area contributed by atoms with Crippen molar-refractivity contribution in [1.82, 2.24) is 0 Å². The molecule has 1 unspecified atom stereocenters. The van der Waals surface area contributed by atoms with E-state index >= 15 is 0 Å². The van der Waals surface area contributed by atoms with Gasteiger partial charge in [0, 0.05) is 24.6 Å². The van der Waals surface area contributed by atoms with Crippen molar-refractivity contribution in [3.05, 3.63) is 29.8 Å². The molecular formula is C16H18F2O2. The Morgan fingerprint density at radius 2 is 1.60 bits per heavy atom. The maximum absolute atomic E-state index is 13.2. The van der Waals surface area contributed by atoms with Crippen LogP contribution in [0.5, 0.6) is 5.75 Å². The van der Waals surface area contributed by atoms with Gasteiger partial charge >= 0.3 is 0 Å². The summed E-state index contributed by atoms with van der Waals surface area (Å²) in [5.41, 5.74) is -0.403. The van der Waals surface area contributed by atoms with Gasteiger partial charge < -0.3 is 4.74 Å². The molecule has 108 valence electrons. The van der Waals surface area contributed by atoms with E-state index < -0.39 is 17.0 Å². The summed E-state index contributed by atoms with van der Waals surface area (Å²) in [4.78, 5) is 12.1. The lowest BCUT2D eigenvalue weighted by Crippen LogP contribution is -2.56. The molecule has 0 heterocycles. The summed E-state index contributed by atoms with van der Waals surface area (Å²) in [6.45, 7) is 0. The highest BCUT2D eigenvalue weighted by Crippen LogP contribution is 2.49. The number of rotatable bonds is 2. The van der Waals surface area contributed by atoms with Crippen LogP contribution in [-0.4, -0.2) is 11.9 Å². The van der Waals surface area contributed by atoms with Gasteiger partial charge in [-0.3, -0.25) is 4.79 Å². The number of hydrogen-bond acceptors (Lipinski definition) is 2. The maximum atomic E-state index is 13.2. The first kappa shape index (κ1) is 13.5. The fourth-order valence-corrected chi connectivity index (χ4v) is 3.49. The molecule has 2 saturated carbocycles. The van der Waals surface area contributed by atoms with Gasteiger partial charge in [0.05, 0.1) is 5.41 Å². The van der Waals surface area contributed by atoms with E-state index in [4.69, 9.17) is 4.74 Å². The summed E-state index contributed by atoms with van der Waals surface area (Å²) in [5, 5.41) is 0. The Morgan fingerprint density at radius 3 is 2.15 bits per heavy atom. The molecule has 1 spiro atoms. The van der Waals surface area contributed by atoms with Gasteiger partial charge in [-0.2, -0.15) is 0 Å². The van der Waals surface area contributed by atoms with E-state index in [1.165, 1.54) is 12.1 Å². The minimum Gasteiger partial charge on any atom is -0.489 e. The molecule has 2 nitrogen and oxygen atoms in total. The molecule has 0 N–H and O–H groups in total. The molecule has 2 aliphatic carbocycles. The highest BCUT2D eigenvalue weighted by atomic mass is 19.1. The van der Waals surface area contributed by atoms with Crippen molar-refractivity contribution in [2.45, 2.75) is 51.0 Å². The normalized spacial score (nSPS) is 25.1. The zero-order chi connectivity index (χ0) is 14.2. The third-order valence-electron chi connectivity index (χ3n) is 4.65. The second-order valence-corrected chi connectivity index (χ2v) is 5.91. The van der Waals surface area contributed by atoms with Gasteiger partial charge in [0.1, 0.15) is 29.3 Å². The summed E-state index contributed by atoms with van der Waals surface area (Å²) in [5.74, 6) is -0.869. The van der Waals surface area contributed by atoms with Crippen LogP contribution in [-0.2, 0) is 4.79 Å². The number of carbonyl (C=O) groups excluding carboxylic acids is 1. The number of Topliss-reactive ketones (excluding diaryl/α,β-unsaturated/α-hetero) is 1. The van der Waals surface area contributed by atoms with E-state index in [1.54, 1.807) is 0 Å². The molecule has 0 amide bonds. The van der Waals surface area contributed by atoms with Crippen LogP contribution in [0.2, 0.25) is 0 Å². The van der Waals surface area contributed by atoms with Gasteiger partial charge in [-0.15, -0.1) is 0 Å². The highest BCUT2D eigenvalue weighted by molar-refractivity contribution is 5.92. The minimum atomic E-state index is -0.652. The van der Waals surface area contributed by atoms with E-state index in [1.807, 2.05) is 0 Å². The standard InChI is InChI=1S/C16H18F2O2/c17-11-7-12(18)9-13(8-11)20-15-10-14(19)16(15)5-3-1-2-4-6-16/h7-9,15H,1-6,10H2. The van der Waals surface area contributed by atoms with Crippen LogP contribution >= 0.6 is 0 Å². The molecule has 1 aromatic carbocycles. The number of halogens is 2. The Hall–Kier alpha value is -1.45. The molecule has 3 rings (SSSR count). The summed E-state index contributed by atoms with van der Waals surface area (Å²) in [6.07, 6.45) is 6.17. The second-order valence-electron chi connectivity index (χ2n) is 5.91. The molecule has 0 saturated heterocycles. The van der Waals surface area contributed by atoms with Crippen molar-refractivity contribution in [2.24, 2.45) is 5.41 Å². The van der Waals surface area contributed by atoms with Gasteiger partial charge in [0.25, 0.3) is 0 Å². The average Bonchev–Trinajstić information content (AvgIpc) is 2.65. The molecule has 0 aliphatic heterocycles. The lowest BCUT2D eigenvalue weighted by Gasteiger charge is -2.47. The zero-order valence-corrected chi connectivity index (χ0v) is 11.3. The minimum absolute atomic E-state index is 0.184. The second kappa shape index (κ2) is 5.15. The van der Waals surface area contributed by atoms with Crippen LogP contribution in [0, 0.1) is 17.0 Å². The number of benzene rings is 1. The quantitative estimate of drug-likeness (QED) is 0.817. The predicted octanol–water partition coefficient (Wildman–Crippen LogP) is 4.03. The van der Waals surface area contributed by atoms with E-state index in [9.17, 15) is 13.6 Å². The first-order valence-electron chi connectivity index (χ1n) is 7.26. The molecule has 1 atom stereocenters. The van der Waals surface area contributed by atoms with Crippen molar-refractivity contribution in [3.8, 4) is 5.75 Å². The Morgan fingerprint density at radius 1 is 1.00 bits per heavy atom. The van der Waals surface area contributed by atoms with E-state index in [-0.39, 0.29) is 17.6 Å². The van der Waals surface area contributed by atoms with Crippen LogP contribution in [0.3, 0.4) is 0 Å². The SMILES string of the molecule is O=C1CC(Oc2cc(F)cc(F)c2)C12CCCCCC2. The largest absolute Gasteiger partial charge is 0.489 e. The van der Waals surface area contributed by atoms with Crippen molar-refractivity contribution >= 4 is 5.78 Å². The number of carbonyl (C=O) groups is 1. The first-order valence-corrected chi connectivity index (χ1v) is 7.26. The van der Waals surface area contributed by atoms with Crippen LogP contribution in [0.15, 0.2) is 18.2 Å². The van der Waals surface area contributed by atoms with Crippen molar-refractivity contribution in [3.63, 3.8) is 0 Å². The predicted molar refractivity (Wildman–Crippen MR) is 70.5 cm³/mol. The fourth-order valence-electron chi connectivity index (χ4n) is 3.49. The van der Waals surface area contributed by atoms with Crippen molar-refractivity contribution in [1.29, 1.82) is 0 Å². The third-order valence-corrected chi connectivity index (χ3v) is 4.65. The summed E-state index contributed by atoms with van der Waals surface area (Å²) >= 11 is 0. The summed E-state index contributed by atoms with van der Waals surface area (Å²) in [6, 6.07) is 3.17. The van der Waals surface area contributed by atoms with Gasteiger partial charge in [-0.05, 0) is 12.8 Å². The molecule has 1 aromatic rings. The van der Waals surface area contributed by atoms with Crippen LogP contribution in [0.25, 0.3) is 0 Å². The molecule has 0 bridgehead atoms. The molecule has 4 heteroatoms. The Balaban J connectivity index is 1.78. The monoisotopic (exact) mass is 280 g/mol. The molecule has 0 radical (unpaired) electrons. The van der Waals surface area contributed by atoms with E-state index in [0.717, 1.165) is 44.6 Å². The lowest BCUT2D eigenvalue weighted by molar-refractivity contribution is -0.154. The number of ketones is 1. The average molecular weight is 280 g/mol. The molecule has 2 aliphatic rings. The Labute approximate surface area is 117 Å². The van der Waals surface area contributed by atoms with E-state index in [0.29, 0.717) is 6.42 Å². The maximum Gasteiger partial charge on any atom is 0.146 e. The highest BCUT2D eigenvalue weighted by Gasteiger charge is 2.55.